The van der Waals surface area contributed by atoms with Gasteiger partial charge in [0.25, 0.3) is 0 Å². The topological polar surface area (TPSA) is 59.1 Å². The van der Waals surface area contributed by atoms with Crippen molar-refractivity contribution in [3.63, 3.8) is 0 Å². The molecule has 0 saturated carbocycles. The van der Waals surface area contributed by atoms with E-state index < -0.39 is 0 Å². The number of hydrogen-bond donors (Lipinski definition) is 1. The number of carbonyl (C=O) groups is 2. The summed E-state index contributed by atoms with van der Waals surface area (Å²) in [4.78, 5) is 30.5. The van der Waals surface area contributed by atoms with Crippen LogP contribution in [0.2, 0.25) is 0 Å². The lowest BCUT2D eigenvalue weighted by atomic mass is 9.66. The lowest BCUT2D eigenvalue weighted by molar-refractivity contribution is -0.119. The Morgan fingerprint density at radius 2 is 1.48 bits per heavy atom. The SMILES string of the molecule is CC1(C)CC(=O)C2=C(C1)NC1=C(C(=O)CC(C)(C)C1)C2c1nccs1. The van der Waals surface area contributed by atoms with Crippen molar-refractivity contribution in [1.29, 1.82) is 0 Å². The van der Waals surface area contributed by atoms with Gasteiger partial charge in [-0.2, -0.15) is 0 Å². The Balaban J connectivity index is 1.89. The van der Waals surface area contributed by atoms with Gasteiger partial charge >= 0.3 is 0 Å². The molecule has 1 N–H and O–H groups in total. The van der Waals surface area contributed by atoms with Gasteiger partial charge in [-0.05, 0) is 23.7 Å². The zero-order valence-electron chi connectivity index (χ0n) is 15.2. The average molecular weight is 356 g/mol. The summed E-state index contributed by atoms with van der Waals surface area (Å²) < 4.78 is 0. The summed E-state index contributed by atoms with van der Waals surface area (Å²) in [6, 6.07) is 0. The van der Waals surface area contributed by atoms with Crippen molar-refractivity contribution in [3.05, 3.63) is 39.1 Å². The molecule has 25 heavy (non-hydrogen) atoms. The Kier molecular flexibility index (Phi) is 3.59. The smallest absolute Gasteiger partial charge is 0.162 e. The molecule has 132 valence electrons. The number of thiazole rings is 1. The molecule has 4 rings (SSSR count). The Morgan fingerprint density at radius 1 is 0.960 bits per heavy atom. The van der Waals surface area contributed by atoms with Crippen LogP contribution in [0.15, 0.2) is 34.1 Å². The van der Waals surface area contributed by atoms with E-state index in [9.17, 15) is 9.59 Å². The molecule has 0 fully saturated rings. The molecule has 5 heteroatoms. The van der Waals surface area contributed by atoms with Crippen LogP contribution in [0.5, 0.6) is 0 Å². The molecule has 2 heterocycles. The maximum atomic E-state index is 13.0. The van der Waals surface area contributed by atoms with E-state index in [1.54, 1.807) is 6.20 Å². The maximum Gasteiger partial charge on any atom is 0.162 e. The van der Waals surface area contributed by atoms with E-state index in [2.05, 4.69) is 38.0 Å². The van der Waals surface area contributed by atoms with Gasteiger partial charge in [-0.1, -0.05) is 27.7 Å². The van der Waals surface area contributed by atoms with E-state index >= 15 is 0 Å². The van der Waals surface area contributed by atoms with Gasteiger partial charge < -0.3 is 5.32 Å². The van der Waals surface area contributed by atoms with Gasteiger partial charge in [0.1, 0.15) is 5.01 Å². The molecule has 0 bridgehead atoms. The number of dihydropyridines is 1. The van der Waals surface area contributed by atoms with Crippen LogP contribution in [0.3, 0.4) is 0 Å². The summed E-state index contributed by atoms with van der Waals surface area (Å²) in [5.74, 6) is 0.0321. The number of allylic oxidation sites excluding steroid dienone is 4. The monoisotopic (exact) mass is 356 g/mol. The minimum absolute atomic E-state index is 0.0530. The first kappa shape index (κ1) is 16.7. The van der Waals surface area contributed by atoms with E-state index in [-0.39, 0.29) is 28.3 Å². The first-order chi connectivity index (χ1) is 11.7. The van der Waals surface area contributed by atoms with Crippen LogP contribution in [-0.4, -0.2) is 16.6 Å². The van der Waals surface area contributed by atoms with E-state index in [0.717, 1.165) is 40.4 Å². The van der Waals surface area contributed by atoms with Crippen LogP contribution in [0.4, 0.5) is 0 Å². The Labute approximate surface area is 152 Å². The molecule has 0 radical (unpaired) electrons. The van der Waals surface area contributed by atoms with Crippen molar-refractivity contribution in [2.45, 2.75) is 59.3 Å². The van der Waals surface area contributed by atoms with Crippen molar-refractivity contribution in [2.75, 3.05) is 0 Å². The summed E-state index contributed by atoms with van der Waals surface area (Å²) in [6.45, 7) is 8.53. The van der Waals surface area contributed by atoms with Gasteiger partial charge in [-0.25, -0.2) is 4.98 Å². The number of Topliss-reactive ketones (excluding diaryl/α,β-unsaturated/α-hetero) is 2. The highest BCUT2D eigenvalue weighted by atomic mass is 32.1. The number of hydrogen-bond acceptors (Lipinski definition) is 5. The molecule has 1 aliphatic heterocycles. The molecule has 1 aromatic heterocycles. The molecule has 0 atom stereocenters. The number of nitrogens with one attached hydrogen (secondary N) is 1. The third-order valence-electron chi connectivity index (χ3n) is 5.42. The summed E-state index contributed by atoms with van der Waals surface area (Å²) in [5.41, 5.74) is 3.46. The molecule has 0 unspecified atom stereocenters. The zero-order valence-corrected chi connectivity index (χ0v) is 16.0. The van der Waals surface area contributed by atoms with E-state index in [0.29, 0.717) is 12.8 Å². The number of ketones is 2. The fourth-order valence-corrected chi connectivity index (χ4v) is 5.27. The molecular weight excluding hydrogens is 332 g/mol. The summed E-state index contributed by atoms with van der Waals surface area (Å²) in [7, 11) is 0. The van der Waals surface area contributed by atoms with Crippen LogP contribution >= 0.6 is 11.3 Å². The average Bonchev–Trinajstić information content (AvgIpc) is 2.95. The lowest BCUT2D eigenvalue weighted by Crippen LogP contribution is -2.42. The third kappa shape index (κ3) is 2.78. The lowest BCUT2D eigenvalue weighted by Gasteiger charge is -2.43. The second-order valence-corrected chi connectivity index (χ2v) is 10.0. The first-order valence-electron chi connectivity index (χ1n) is 8.86. The molecule has 0 spiro atoms. The normalized spacial score (nSPS) is 25.6. The minimum atomic E-state index is -0.279. The van der Waals surface area contributed by atoms with Gasteiger partial charge in [-0.15, -0.1) is 11.3 Å². The Morgan fingerprint density at radius 3 is 1.92 bits per heavy atom. The van der Waals surface area contributed by atoms with Crippen LogP contribution in [-0.2, 0) is 9.59 Å². The summed E-state index contributed by atoms with van der Waals surface area (Å²) in [5, 5.41) is 6.30. The Hall–Kier alpha value is -1.75. The quantitative estimate of drug-likeness (QED) is 0.822. The highest BCUT2D eigenvalue weighted by Gasteiger charge is 2.47. The van der Waals surface area contributed by atoms with Crippen molar-refractivity contribution in [1.82, 2.24) is 10.3 Å². The fourth-order valence-electron chi connectivity index (χ4n) is 4.51. The molecule has 2 aliphatic carbocycles. The molecular formula is C20H24N2O2S. The number of aromatic nitrogens is 1. The molecule has 0 saturated heterocycles. The van der Waals surface area contributed by atoms with Crippen molar-refractivity contribution in [2.24, 2.45) is 10.8 Å². The highest BCUT2D eigenvalue weighted by molar-refractivity contribution is 7.09. The highest BCUT2D eigenvalue weighted by Crippen LogP contribution is 2.51. The second kappa shape index (κ2) is 5.37. The van der Waals surface area contributed by atoms with Crippen molar-refractivity contribution >= 4 is 22.9 Å². The Bertz CT molecular complexity index is 776. The van der Waals surface area contributed by atoms with E-state index in [4.69, 9.17) is 0 Å². The van der Waals surface area contributed by atoms with E-state index in [1.807, 2.05) is 5.38 Å². The first-order valence-corrected chi connectivity index (χ1v) is 9.74. The largest absolute Gasteiger partial charge is 0.362 e. The van der Waals surface area contributed by atoms with Gasteiger partial charge in [0.05, 0.1) is 5.92 Å². The van der Waals surface area contributed by atoms with Gasteiger partial charge in [-0.3, -0.25) is 9.59 Å². The predicted molar refractivity (Wildman–Crippen MR) is 98.1 cm³/mol. The van der Waals surface area contributed by atoms with E-state index in [1.165, 1.54) is 11.3 Å². The number of rotatable bonds is 1. The molecule has 3 aliphatic rings. The van der Waals surface area contributed by atoms with Gasteiger partial charge in [0.2, 0.25) is 0 Å². The molecule has 0 aromatic carbocycles. The zero-order chi connectivity index (χ0) is 18.0. The number of nitrogens with zero attached hydrogens (tertiary/aromatic N) is 1. The molecule has 1 aromatic rings. The van der Waals surface area contributed by atoms with Crippen LogP contribution in [0.1, 0.15) is 64.3 Å². The fraction of sp³-hybridized carbons (Fsp3) is 0.550. The number of carbonyl (C=O) groups excluding carboxylic acids is 2. The maximum absolute atomic E-state index is 13.0. The molecule has 4 nitrogen and oxygen atoms in total. The van der Waals surface area contributed by atoms with Crippen LogP contribution in [0.25, 0.3) is 0 Å². The van der Waals surface area contributed by atoms with Gasteiger partial charge in [0.15, 0.2) is 11.6 Å². The minimum Gasteiger partial charge on any atom is -0.362 e. The molecule has 0 amide bonds. The van der Waals surface area contributed by atoms with Crippen molar-refractivity contribution < 1.29 is 9.59 Å². The standard InChI is InChI=1S/C20H24N2O2S/c1-19(2)7-11-15(13(23)9-19)17(18-21-5-6-25-18)16-12(22-11)8-20(3,4)10-14(16)24/h5-6,17,22H,7-10H2,1-4H3. The second-order valence-electron chi connectivity index (χ2n) is 9.09. The predicted octanol–water partition coefficient (Wildman–Crippen LogP) is 4.12. The summed E-state index contributed by atoms with van der Waals surface area (Å²) in [6.07, 6.45) is 4.48. The van der Waals surface area contributed by atoms with Crippen LogP contribution < -0.4 is 5.32 Å². The van der Waals surface area contributed by atoms with Gasteiger partial charge in [0, 0.05) is 47.0 Å². The van der Waals surface area contributed by atoms with Crippen LogP contribution in [0, 0.1) is 10.8 Å². The van der Waals surface area contributed by atoms with Crippen molar-refractivity contribution in [3.8, 4) is 0 Å². The summed E-state index contributed by atoms with van der Waals surface area (Å²) >= 11 is 1.53. The third-order valence-corrected chi connectivity index (χ3v) is 6.26.